The first-order chi connectivity index (χ1) is 18.6. The second-order valence-electron chi connectivity index (χ2n) is 9.16. The average Bonchev–Trinajstić information content (AvgIpc) is 3.47. The van der Waals surface area contributed by atoms with E-state index in [2.05, 4.69) is 10.1 Å². The minimum atomic E-state index is -3.34. The molecule has 0 fully saturated rings. The van der Waals surface area contributed by atoms with E-state index in [1.807, 2.05) is 25.2 Å². The van der Waals surface area contributed by atoms with Gasteiger partial charge in [-0.3, -0.25) is 14.3 Å². The molecule has 0 amide bonds. The Bertz CT molecular complexity index is 1750. The lowest BCUT2D eigenvalue weighted by molar-refractivity contribution is 0.0782. The molecular weight excluding hydrogens is 542 g/mol. The maximum atomic E-state index is 11.9. The van der Waals surface area contributed by atoms with Crippen molar-refractivity contribution in [1.29, 1.82) is 0 Å². The van der Waals surface area contributed by atoms with E-state index in [1.165, 1.54) is 12.1 Å². The van der Waals surface area contributed by atoms with Crippen LogP contribution in [0.2, 0.25) is 5.02 Å². The first-order valence-corrected chi connectivity index (χ1v) is 14.3. The van der Waals surface area contributed by atoms with Crippen LogP contribution in [0.5, 0.6) is 11.5 Å². The Morgan fingerprint density at radius 2 is 1.87 bits per heavy atom. The summed E-state index contributed by atoms with van der Waals surface area (Å²) in [6.07, 6.45) is 4.06. The van der Waals surface area contributed by atoms with E-state index in [1.54, 1.807) is 46.0 Å². The minimum absolute atomic E-state index is 0.178. The topological polar surface area (TPSA) is 132 Å². The molecule has 5 aromatic rings. The van der Waals surface area contributed by atoms with E-state index in [0.717, 1.165) is 34.1 Å². The molecule has 0 spiro atoms. The number of halogens is 1. The highest BCUT2D eigenvalue weighted by molar-refractivity contribution is 7.90. The molecule has 0 aliphatic heterocycles. The summed E-state index contributed by atoms with van der Waals surface area (Å²) in [6.45, 7) is -0.170. The van der Waals surface area contributed by atoms with Gasteiger partial charge in [0.1, 0.15) is 11.3 Å². The maximum Gasteiger partial charge on any atom is 0.175 e. The second kappa shape index (κ2) is 10.8. The molecular formula is C27H26ClN5O5S. The number of nitrogens with zero attached hydrogens (tertiary/aromatic N) is 5. The predicted octanol–water partition coefficient (Wildman–Crippen LogP) is 3.63. The number of rotatable bonds is 9. The van der Waals surface area contributed by atoms with Crippen molar-refractivity contribution in [2.45, 2.75) is 24.0 Å². The number of aliphatic hydroxyl groups excluding tert-OH is 2. The molecule has 10 nitrogen and oxygen atoms in total. The summed E-state index contributed by atoms with van der Waals surface area (Å²) in [5.41, 5.74) is 3.51. The highest BCUT2D eigenvalue weighted by atomic mass is 35.5. The Kier molecular flexibility index (Phi) is 7.41. The third-order valence-electron chi connectivity index (χ3n) is 6.14. The van der Waals surface area contributed by atoms with Gasteiger partial charge in [0.25, 0.3) is 0 Å². The van der Waals surface area contributed by atoms with Crippen LogP contribution in [0, 0.1) is 0 Å². The number of sulfone groups is 1. The van der Waals surface area contributed by atoms with Crippen LogP contribution in [0.25, 0.3) is 22.2 Å². The number of pyridine rings is 1. The van der Waals surface area contributed by atoms with Gasteiger partial charge in [0.05, 0.1) is 46.3 Å². The van der Waals surface area contributed by atoms with Crippen LogP contribution in [-0.2, 0) is 29.9 Å². The van der Waals surface area contributed by atoms with Crippen molar-refractivity contribution in [3.63, 3.8) is 0 Å². The van der Waals surface area contributed by atoms with E-state index in [4.69, 9.17) is 26.5 Å². The molecule has 0 aliphatic carbocycles. The van der Waals surface area contributed by atoms with Crippen molar-refractivity contribution in [2.75, 3.05) is 12.9 Å². The molecule has 3 heterocycles. The van der Waals surface area contributed by atoms with Gasteiger partial charge in [-0.05, 0) is 54.6 Å². The molecule has 3 aromatic heterocycles. The van der Waals surface area contributed by atoms with E-state index in [0.29, 0.717) is 28.6 Å². The van der Waals surface area contributed by atoms with Crippen molar-refractivity contribution < 1.29 is 23.4 Å². The number of aliphatic hydroxyl groups is 2. The van der Waals surface area contributed by atoms with Gasteiger partial charge >= 0.3 is 0 Å². The third-order valence-corrected chi connectivity index (χ3v) is 7.58. The summed E-state index contributed by atoms with van der Waals surface area (Å²) in [5, 5.41) is 29.4. The van der Waals surface area contributed by atoms with Crippen LogP contribution in [0.1, 0.15) is 11.4 Å². The zero-order chi connectivity index (χ0) is 27.7. The lowest BCUT2D eigenvalue weighted by atomic mass is 10.0. The fourth-order valence-electron chi connectivity index (χ4n) is 4.32. The van der Waals surface area contributed by atoms with Gasteiger partial charge in [0, 0.05) is 43.1 Å². The molecule has 2 N–H and O–H groups in total. The molecule has 2 aromatic carbocycles. The lowest BCUT2D eigenvalue weighted by Gasteiger charge is -2.12. The standard InChI is InChI=1S/C27H26ClN5O5S/c1-32-27-22(24(31-32)14-18-9-11-33(30-18)15-19(35)16-34)12-17(26-23(28)4-3-10-29-26)13-25(27)38-20-5-7-21(8-6-20)39(2,36)37/h3-13,19,34-35H,14-16H2,1-2H3. The van der Waals surface area contributed by atoms with Crippen LogP contribution in [-0.4, -0.2) is 62.1 Å². The SMILES string of the molecule is Cn1nc(Cc2ccn(CC(O)CO)n2)c2cc(-c3ncccc3Cl)cc(Oc3ccc(S(C)(=O)=O)cc3)c21. The Balaban J connectivity index is 1.58. The number of fused-ring (bicyclic) bond motifs is 1. The van der Waals surface area contributed by atoms with Crippen molar-refractivity contribution >= 4 is 32.3 Å². The van der Waals surface area contributed by atoms with Gasteiger partial charge in [-0.15, -0.1) is 0 Å². The molecule has 202 valence electrons. The molecule has 12 heteroatoms. The fraction of sp³-hybridized carbons (Fsp3) is 0.222. The van der Waals surface area contributed by atoms with Gasteiger partial charge in [0.15, 0.2) is 15.6 Å². The summed E-state index contributed by atoms with van der Waals surface area (Å²) in [6, 6.07) is 15.3. The highest BCUT2D eigenvalue weighted by Gasteiger charge is 2.19. The normalized spacial score (nSPS) is 12.6. The maximum absolute atomic E-state index is 11.9. The Hall–Kier alpha value is -3.77. The molecule has 39 heavy (non-hydrogen) atoms. The van der Waals surface area contributed by atoms with Crippen molar-refractivity contribution in [1.82, 2.24) is 24.5 Å². The summed E-state index contributed by atoms with van der Waals surface area (Å²) >= 11 is 6.48. The molecule has 0 saturated carbocycles. The monoisotopic (exact) mass is 567 g/mol. The smallest absolute Gasteiger partial charge is 0.175 e. The summed E-state index contributed by atoms with van der Waals surface area (Å²) in [4.78, 5) is 4.66. The summed E-state index contributed by atoms with van der Waals surface area (Å²) in [7, 11) is -1.53. The molecule has 5 rings (SSSR count). The highest BCUT2D eigenvalue weighted by Crippen LogP contribution is 2.38. The van der Waals surface area contributed by atoms with Crippen LogP contribution >= 0.6 is 11.6 Å². The first kappa shape index (κ1) is 26.8. The fourth-order valence-corrected chi connectivity index (χ4v) is 5.18. The molecule has 0 bridgehead atoms. The van der Waals surface area contributed by atoms with Crippen molar-refractivity contribution in [2.24, 2.45) is 7.05 Å². The van der Waals surface area contributed by atoms with Crippen LogP contribution in [0.4, 0.5) is 0 Å². The number of hydrogen-bond donors (Lipinski definition) is 2. The van der Waals surface area contributed by atoms with E-state index < -0.39 is 15.9 Å². The van der Waals surface area contributed by atoms with Crippen LogP contribution in [0.3, 0.4) is 0 Å². The third kappa shape index (κ3) is 5.81. The number of benzene rings is 2. The number of hydrogen-bond acceptors (Lipinski definition) is 8. The molecule has 0 aliphatic rings. The lowest BCUT2D eigenvalue weighted by Crippen LogP contribution is -2.20. The van der Waals surface area contributed by atoms with Gasteiger partial charge in [-0.2, -0.15) is 10.2 Å². The quantitative estimate of drug-likeness (QED) is 0.276. The Labute approximate surface area is 230 Å². The van der Waals surface area contributed by atoms with Crippen molar-refractivity contribution in [3.05, 3.63) is 83.4 Å². The van der Waals surface area contributed by atoms with Crippen LogP contribution < -0.4 is 4.74 Å². The van der Waals surface area contributed by atoms with E-state index in [-0.39, 0.29) is 18.0 Å². The second-order valence-corrected chi connectivity index (χ2v) is 11.6. The first-order valence-electron chi connectivity index (χ1n) is 12.0. The largest absolute Gasteiger partial charge is 0.455 e. The van der Waals surface area contributed by atoms with E-state index in [9.17, 15) is 13.5 Å². The summed E-state index contributed by atoms with van der Waals surface area (Å²) < 4.78 is 33.3. The molecule has 1 unspecified atom stereocenters. The molecule has 0 saturated heterocycles. The zero-order valence-electron chi connectivity index (χ0n) is 21.2. The Morgan fingerprint density at radius 3 is 2.56 bits per heavy atom. The van der Waals surface area contributed by atoms with Crippen molar-refractivity contribution in [3.8, 4) is 22.8 Å². The van der Waals surface area contributed by atoms with Gasteiger partial charge in [-0.1, -0.05) is 11.6 Å². The predicted molar refractivity (Wildman–Crippen MR) is 147 cm³/mol. The summed E-state index contributed by atoms with van der Waals surface area (Å²) in [5.74, 6) is 0.950. The minimum Gasteiger partial charge on any atom is -0.455 e. The van der Waals surface area contributed by atoms with Gasteiger partial charge in [-0.25, -0.2) is 8.42 Å². The average molecular weight is 568 g/mol. The molecule has 0 radical (unpaired) electrons. The van der Waals surface area contributed by atoms with Crippen LogP contribution in [0.15, 0.2) is 71.9 Å². The Morgan fingerprint density at radius 1 is 1.10 bits per heavy atom. The zero-order valence-corrected chi connectivity index (χ0v) is 22.8. The number of ether oxygens (including phenoxy) is 1. The number of aromatic nitrogens is 5. The van der Waals surface area contributed by atoms with Gasteiger partial charge < -0.3 is 14.9 Å². The number of aryl methyl sites for hydroxylation is 1. The molecule has 1 atom stereocenters. The van der Waals surface area contributed by atoms with E-state index >= 15 is 0 Å². The van der Waals surface area contributed by atoms with Gasteiger partial charge in [0.2, 0.25) is 0 Å².